The van der Waals surface area contributed by atoms with Gasteiger partial charge in [0.25, 0.3) is 0 Å². The molecule has 1 saturated carbocycles. The van der Waals surface area contributed by atoms with Gasteiger partial charge in [-0.2, -0.15) is 0 Å². The van der Waals surface area contributed by atoms with Gasteiger partial charge in [-0.3, -0.25) is 4.79 Å². The molecule has 3 nitrogen and oxygen atoms in total. The molecule has 0 radical (unpaired) electrons. The summed E-state index contributed by atoms with van der Waals surface area (Å²) in [6.07, 6.45) is 5.98. The minimum atomic E-state index is -0.294. The smallest absolute Gasteiger partial charge is 0.217 e. The number of hydrogen-bond acceptors (Lipinski definition) is 2. The minimum Gasteiger partial charge on any atom is -0.493 e. The third kappa shape index (κ3) is 4.73. The van der Waals surface area contributed by atoms with E-state index in [2.05, 4.69) is 5.32 Å². The molecule has 0 saturated heterocycles. The Balaban J connectivity index is 1.98. The predicted octanol–water partition coefficient (Wildman–Crippen LogP) is 2.76. The molecular weight excluding hydrogens is 245 g/mol. The zero-order valence-electron chi connectivity index (χ0n) is 11.0. The zero-order valence-corrected chi connectivity index (χ0v) is 11.0. The molecule has 0 unspecified atom stereocenters. The van der Waals surface area contributed by atoms with Crippen molar-refractivity contribution in [3.8, 4) is 5.75 Å². The lowest BCUT2D eigenvalue weighted by Gasteiger charge is -2.08. The Morgan fingerprint density at radius 3 is 3.00 bits per heavy atom. The van der Waals surface area contributed by atoms with Gasteiger partial charge in [0.2, 0.25) is 5.91 Å². The van der Waals surface area contributed by atoms with E-state index in [1.807, 2.05) is 0 Å². The maximum absolute atomic E-state index is 13.2. The van der Waals surface area contributed by atoms with Crippen molar-refractivity contribution in [1.29, 1.82) is 0 Å². The summed E-state index contributed by atoms with van der Waals surface area (Å²) < 4.78 is 18.9. The summed E-state index contributed by atoms with van der Waals surface area (Å²) in [6, 6.07) is 4.48. The van der Waals surface area contributed by atoms with Crippen molar-refractivity contribution in [2.75, 3.05) is 13.2 Å². The summed E-state index contributed by atoms with van der Waals surface area (Å²) >= 11 is 0. The third-order valence-corrected chi connectivity index (χ3v) is 2.91. The number of carbonyl (C=O) groups is 1. The minimum absolute atomic E-state index is 0.0888. The van der Waals surface area contributed by atoms with Crippen LogP contribution in [0.5, 0.6) is 5.75 Å². The van der Waals surface area contributed by atoms with Crippen LogP contribution in [0, 0.1) is 11.7 Å². The van der Waals surface area contributed by atoms with Gasteiger partial charge in [-0.15, -0.1) is 0 Å². The van der Waals surface area contributed by atoms with Crippen molar-refractivity contribution in [3.63, 3.8) is 0 Å². The fraction of sp³-hybridized carbons (Fsp3) is 0.400. The first-order valence-electron chi connectivity index (χ1n) is 6.48. The Kier molecular flexibility index (Phi) is 4.55. The topological polar surface area (TPSA) is 38.3 Å². The SMILES string of the molecule is CC(=O)NCC=Cc1cc(F)ccc1OCC1CC1. The summed E-state index contributed by atoms with van der Waals surface area (Å²) in [6.45, 7) is 2.58. The van der Waals surface area contributed by atoms with E-state index in [1.54, 1.807) is 18.2 Å². The molecule has 0 spiro atoms. The first kappa shape index (κ1) is 13.6. The van der Waals surface area contributed by atoms with E-state index in [9.17, 15) is 9.18 Å². The van der Waals surface area contributed by atoms with Crippen LogP contribution in [0.25, 0.3) is 6.08 Å². The van der Waals surface area contributed by atoms with Gasteiger partial charge in [0.1, 0.15) is 11.6 Å². The van der Waals surface area contributed by atoms with Crippen molar-refractivity contribution in [2.24, 2.45) is 5.92 Å². The van der Waals surface area contributed by atoms with Crippen LogP contribution in [-0.4, -0.2) is 19.1 Å². The van der Waals surface area contributed by atoms with Gasteiger partial charge < -0.3 is 10.1 Å². The van der Waals surface area contributed by atoms with Crippen LogP contribution in [0.4, 0.5) is 4.39 Å². The highest BCUT2D eigenvalue weighted by Crippen LogP contribution is 2.30. The number of carbonyl (C=O) groups excluding carboxylic acids is 1. The maximum Gasteiger partial charge on any atom is 0.217 e. The molecule has 1 aliphatic carbocycles. The van der Waals surface area contributed by atoms with Gasteiger partial charge in [-0.05, 0) is 37.0 Å². The average molecular weight is 263 g/mol. The Morgan fingerprint density at radius 2 is 2.32 bits per heavy atom. The van der Waals surface area contributed by atoms with E-state index in [0.717, 1.165) is 0 Å². The number of nitrogens with one attached hydrogen (secondary N) is 1. The molecule has 1 fully saturated rings. The second kappa shape index (κ2) is 6.36. The van der Waals surface area contributed by atoms with E-state index in [1.165, 1.54) is 31.9 Å². The molecule has 0 aliphatic heterocycles. The fourth-order valence-electron chi connectivity index (χ4n) is 1.66. The molecule has 0 atom stereocenters. The number of ether oxygens (including phenoxy) is 1. The Bertz CT molecular complexity index is 481. The molecule has 0 bridgehead atoms. The standard InChI is InChI=1S/C15H18FNO2/c1-11(18)17-8-2-3-13-9-14(16)6-7-15(13)19-10-12-4-5-12/h2-3,6-7,9,12H,4-5,8,10H2,1H3,(H,17,18). The van der Waals surface area contributed by atoms with Crippen LogP contribution in [0.15, 0.2) is 24.3 Å². The van der Waals surface area contributed by atoms with E-state index in [4.69, 9.17) is 4.74 Å². The number of rotatable bonds is 6. The zero-order chi connectivity index (χ0) is 13.7. The van der Waals surface area contributed by atoms with Gasteiger partial charge in [0.15, 0.2) is 0 Å². The van der Waals surface area contributed by atoms with Gasteiger partial charge >= 0.3 is 0 Å². The lowest BCUT2D eigenvalue weighted by Crippen LogP contribution is -2.19. The molecule has 0 aromatic heterocycles. The van der Waals surface area contributed by atoms with Crippen molar-refractivity contribution in [1.82, 2.24) is 5.32 Å². The maximum atomic E-state index is 13.2. The molecule has 1 aromatic rings. The summed E-state index contributed by atoms with van der Waals surface area (Å²) in [5.74, 6) is 0.959. The highest BCUT2D eigenvalue weighted by atomic mass is 19.1. The Morgan fingerprint density at radius 1 is 1.53 bits per heavy atom. The van der Waals surface area contributed by atoms with E-state index in [-0.39, 0.29) is 11.7 Å². The van der Waals surface area contributed by atoms with Gasteiger partial charge in [-0.25, -0.2) is 4.39 Å². The molecule has 1 aromatic carbocycles. The van der Waals surface area contributed by atoms with E-state index in [0.29, 0.717) is 30.4 Å². The van der Waals surface area contributed by atoms with Crippen LogP contribution in [-0.2, 0) is 4.79 Å². The molecular formula is C15H18FNO2. The van der Waals surface area contributed by atoms with Gasteiger partial charge in [-0.1, -0.05) is 12.2 Å². The Labute approximate surface area is 112 Å². The predicted molar refractivity (Wildman–Crippen MR) is 72.3 cm³/mol. The largest absolute Gasteiger partial charge is 0.493 e. The second-order valence-corrected chi connectivity index (χ2v) is 4.78. The van der Waals surface area contributed by atoms with Gasteiger partial charge in [0.05, 0.1) is 6.61 Å². The first-order valence-corrected chi connectivity index (χ1v) is 6.48. The van der Waals surface area contributed by atoms with Crippen LogP contribution in [0.3, 0.4) is 0 Å². The lowest BCUT2D eigenvalue weighted by molar-refractivity contribution is -0.118. The van der Waals surface area contributed by atoms with Crippen LogP contribution >= 0.6 is 0 Å². The summed E-state index contributed by atoms with van der Waals surface area (Å²) in [5.41, 5.74) is 0.700. The number of hydrogen-bond donors (Lipinski definition) is 1. The first-order chi connectivity index (χ1) is 9.15. The normalized spacial score (nSPS) is 14.6. The molecule has 19 heavy (non-hydrogen) atoms. The van der Waals surface area contributed by atoms with Crippen molar-refractivity contribution in [2.45, 2.75) is 19.8 Å². The van der Waals surface area contributed by atoms with Crippen LogP contribution in [0.2, 0.25) is 0 Å². The highest BCUT2D eigenvalue weighted by Gasteiger charge is 2.22. The molecule has 0 heterocycles. The molecule has 1 N–H and O–H groups in total. The Hall–Kier alpha value is -1.84. The van der Waals surface area contributed by atoms with Crippen LogP contribution < -0.4 is 10.1 Å². The van der Waals surface area contributed by atoms with Crippen molar-refractivity contribution in [3.05, 3.63) is 35.7 Å². The monoisotopic (exact) mass is 263 g/mol. The van der Waals surface area contributed by atoms with Gasteiger partial charge in [0, 0.05) is 19.0 Å². The number of amides is 1. The second-order valence-electron chi connectivity index (χ2n) is 4.78. The van der Waals surface area contributed by atoms with Crippen molar-refractivity contribution >= 4 is 12.0 Å². The summed E-state index contributed by atoms with van der Waals surface area (Å²) in [7, 11) is 0. The van der Waals surface area contributed by atoms with Crippen LogP contribution in [0.1, 0.15) is 25.3 Å². The van der Waals surface area contributed by atoms with Crippen molar-refractivity contribution < 1.29 is 13.9 Å². The molecule has 2 rings (SSSR count). The molecule has 1 aliphatic rings. The summed E-state index contributed by atoms with van der Waals surface area (Å²) in [4.78, 5) is 10.7. The fourth-order valence-corrected chi connectivity index (χ4v) is 1.66. The number of benzene rings is 1. The number of halogens is 1. The highest BCUT2D eigenvalue weighted by molar-refractivity contribution is 5.73. The lowest BCUT2D eigenvalue weighted by atomic mass is 10.2. The average Bonchev–Trinajstić information content (AvgIpc) is 3.17. The van der Waals surface area contributed by atoms with E-state index < -0.39 is 0 Å². The third-order valence-electron chi connectivity index (χ3n) is 2.91. The molecule has 1 amide bonds. The molecule has 4 heteroatoms. The van der Waals surface area contributed by atoms with E-state index >= 15 is 0 Å². The quantitative estimate of drug-likeness (QED) is 0.857. The molecule has 102 valence electrons. The summed E-state index contributed by atoms with van der Waals surface area (Å²) in [5, 5.41) is 2.65.